The highest BCUT2D eigenvalue weighted by Crippen LogP contribution is 2.32. The number of benzene rings is 1. The number of ether oxygens (including phenoxy) is 2. The average Bonchev–Trinajstić information content (AvgIpc) is 2.68. The minimum absolute atomic E-state index is 0.0102. The van der Waals surface area contributed by atoms with Crippen molar-refractivity contribution in [1.29, 1.82) is 5.26 Å². The number of halogens is 1. The molecule has 1 amide bonds. The number of nitrogens with one attached hydrogen (secondary N) is 1. The van der Waals surface area contributed by atoms with E-state index < -0.39 is 28.9 Å². The van der Waals surface area contributed by atoms with Gasteiger partial charge < -0.3 is 14.6 Å². The summed E-state index contributed by atoms with van der Waals surface area (Å²) in [6, 6.07) is 6.19. The van der Waals surface area contributed by atoms with Gasteiger partial charge in [0.25, 0.3) is 5.91 Å². The number of methoxy groups -OCH3 is 1. The predicted octanol–water partition coefficient (Wildman–Crippen LogP) is 2.31. The Kier molecular flexibility index (Phi) is 7.79. The molecule has 156 valence electrons. The van der Waals surface area contributed by atoms with E-state index in [1.807, 2.05) is 6.07 Å². The van der Waals surface area contributed by atoms with E-state index in [4.69, 9.17) is 9.47 Å². The molecule has 0 unspecified atom stereocenters. The van der Waals surface area contributed by atoms with Gasteiger partial charge in [-0.05, 0) is 19.1 Å². The number of aromatic hydroxyl groups is 1. The standard InChI is InChI=1S/C18H16BrN5O6/c1-10-3-12(8-29-2)14(6-20)18(22-10)30-9-16(25)23-21-7-11-4-13(19)5-15(17(11)26)24(27)28/h3-5,7,26H,8-9H2,1-2H3,(H,23,25)/b21-7+. The van der Waals surface area contributed by atoms with Crippen molar-refractivity contribution in [3.63, 3.8) is 0 Å². The van der Waals surface area contributed by atoms with Crippen LogP contribution < -0.4 is 10.2 Å². The number of rotatable bonds is 8. The maximum absolute atomic E-state index is 12.0. The lowest BCUT2D eigenvalue weighted by Gasteiger charge is -2.10. The van der Waals surface area contributed by atoms with E-state index in [1.165, 1.54) is 13.2 Å². The minimum atomic E-state index is -0.747. The van der Waals surface area contributed by atoms with E-state index in [1.54, 1.807) is 13.0 Å². The third-order valence-corrected chi connectivity index (χ3v) is 4.08. The number of hydrogen-bond donors (Lipinski definition) is 2. The quantitative estimate of drug-likeness (QED) is 0.332. The Balaban J connectivity index is 2.07. The molecule has 11 nitrogen and oxygen atoms in total. The molecule has 0 aliphatic rings. The summed E-state index contributed by atoms with van der Waals surface area (Å²) in [6.45, 7) is 1.40. The Morgan fingerprint density at radius 3 is 2.87 bits per heavy atom. The summed E-state index contributed by atoms with van der Waals surface area (Å²) in [4.78, 5) is 26.3. The lowest BCUT2D eigenvalue weighted by Crippen LogP contribution is -2.25. The zero-order valence-corrected chi connectivity index (χ0v) is 17.5. The highest BCUT2D eigenvalue weighted by molar-refractivity contribution is 9.10. The molecule has 0 aliphatic heterocycles. The fraction of sp³-hybridized carbons (Fsp3) is 0.222. The van der Waals surface area contributed by atoms with Crippen LogP contribution in [0, 0.1) is 28.4 Å². The summed E-state index contributed by atoms with van der Waals surface area (Å²) >= 11 is 3.10. The molecule has 1 heterocycles. The largest absolute Gasteiger partial charge is 0.502 e. The molecule has 0 fully saturated rings. The van der Waals surface area contributed by atoms with Gasteiger partial charge in [0.05, 0.1) is 17.7 Å². The second kappa shape index (κ2) is 10.3. The molecule has 0 atom stereocenters. The SMILES string of the molecule is COCc1cc(C)nc(OCC(=O)N/N=C/c2cc(Br)cc([N+](=O)[O-])c2O)c1C#N. The monoisotopic (exact) mass is 477 g/mol. The van der Waals surface area contributed by atoms with Gasteiger partial charge in [0.2, 0.25) is 11.6 Å². The number of phenolic OH excluding ortho intramolecular Hbond substituents is 1. The number of phenols is 1. The van der Waals surface area contributed by atoms with Gasteiger partial charge in [-0.3, -0.25) is 14.9 Å². The molecule has 0 saturated heterocycles. The number of nitriles is 1. The number of pyridine rings is 1. The molecule has 0 bridgehead atoms. The fourth-order valence-corrected chi connectivity index (χ4v) is 2.85. The molecule has 12 heteroatoms. The van der Waals surface area contributed by atoms with Crippen LogP contribution in [0.2, 0.25) is 0 Å². The van der Waals surface area contributed by atoms with Crippen LogP contribution in [-0.4, -0.2) is 40.9 Å². The van der Waals surface area contributed by atoms with Gasteiger partial charge in [0.1, 0.15) is 11.6 Å². The van der Waals surface area contributed by atoms with Gasteiger partial charge in [-0.2, -0.15) is 10.4 Å². The van der Waals surface area contributed by atoms with Crippen LogP contribution in [0.15, 0.2) is 27.8 Å². The van der Waals surface area contributed by atoms with Crippen molar-refractivity contribution < 1.29 is 24.3 Å². The van der Waals surface area contributed by atoms with Crippen molar-refractivity contribution in [2.24, 2.45) is 5.10 Å². The van der Waals surface area contributed by atoms with Gasteiger partial charge in [-0.1, -0.05) is 15.9 Å². The summed E-state index contributed by atoms with van der Waals surface area (Å²) in [5.41, 5.74) is 2.99. The van der Waals surface area contributed by atoms with E-state index in [0.717, 1.165) is 12.3 Å². The van der Waals surface area contributed by atoms with Crippen molar-refractivity contribution in [3.8, 4) is 17.7 Å². The molecule has 1 aromatic heterocycles. The maximum Gasteiger partial charge on any atom is 0.312 e. The molecular weight excluding hydrogens is 462 g/mol. The zero-order valence-electron chi connectivity index (χ0n) is 15.9. The molecule has 2 N–H and O–H groups in total. The third-order valence-electron chi connectivity index (χ3n) is 3.62. The molecule has 2 aromatic rings. The van der Waals surface area contributed by atoms with Crippen molar-refractivity contribution in [2.45, 2.75) is 13.5 Å². The Labute approximate surface area is 179 Å². The topological polar surface area (TPSA) is 160 Å². The molecule has 0 aliphatic carbocycles. The van der Waals surface area contributed by atoms with Gasteiger partial charge >= 0.3 is 5.69 Å². The molecule has 2 rings (SSSR count). The smallest absolute Gasteiger partial charge is 0.312 e. The summed E-state index contributed by atoms with van der Waals surface area (Å²) in [5.74, 6) is -1.27. The molecule has 0 spiro atoms. The van der Waals surface area contributed by atoms with Crippen LogP contribution in [0.1, 0.15) is 22.4 Å². The van der Waals surface area contributed by atoms with Crippen LogP contribution in [0.25, 0.3) is 0 Å². The van der Waals surface area contributed by atoms with E-state index in [9.17, 15) is 25.3 Å². The predicted molar refractivity (Wildman–Crippen MR) is 108 cm³/mol. The average molecular weight is 478 g/mol. The molecule has 0 radical (unpaired) electrons. The highest BCUT2D eigenvalue weighted by Gasteiger charge is 2.18. The fourth-order valence-electron chi connectivity index (χ4n) is 2.39. The normalized spacial score (nSPS) is 10.6. The van der Waals surface area contributed by atoms with Crippen molar-refractivity contribution in [1.82, 2.24) is 10.4 Å². The van der Waals surface area contributed by atoms with E-state index in [2.05, 4.69) is 31.4 Å². The van der Waals surface area contributed by atoms with Crippen molar-refractivity contribution in [3.05, 3.63) is 55.2 Å². The molecule has 30 heavy (non-hydrogen) atoms. The summed E-state index contributed by atoms with van der Waals surface area (Å²) in [7, 11) is 1.49. The number of hydrazone groups is 1. The second-order valence-electron chi connectivity index (χ2n) is 5.85. The van der Waals surface area contributed by atoms with Crippen LogP contribution in [0.5, 0.6) is 11.6 Å². The Bertz CT molecular complexity index is 1050. The minimum Gasteiger partial charge on any atom is -0.502 e. The lowest BCUT2D eigenvalue weighted by atomic mass is 10.1. The van der Waals surface area contributed by atoms with Crippen molar-refractivity contribution in [2.75, 3.05) is 13.7 Å². The second-order valence-corrected chi connectivity index (χ2v) is 6.77. The maximum atomic E-state index is 12.0. The van der Waals surface area contributed by atoms with E-state index in [0.29, 0.717) is 15.7 Å². The van der Waals surface area contributed by atoms with Gasteiger partial charge in [0, 0.05) is 34.5 Å². The van der Waals surface area contributed by atoms with Crippen LogP contribution in [0.4, 0.5) is 5.69 Å². The van der Waals surface area contributed by atoms with Gasteiger partial charge in [-0.25, -0.2) is 10.4 Å². The Morgan fingerprint density at radius 1 is 1.50 bits per heavy atom. The molecular formula is C18H16BrN5O6. The summed E-state index contributed by atoms with van der Waals surface area (Å²) in [6.07, 6.45) is 1.05. The third kappa shape index (κ3) is 5.72. The number of aryl methyl sites for hydroxylation is 1. The lowest BCUT2D eigenvalue weighted by molar-refractivity contribution is -0.385. The van der Waals surface area contributed by atoms with Gasteiger partial charge in [-0.15, -0.1) is 0 Å². The first-order valence-electron chi connectivity index (χ1n) is 8.28. The van der Waals surface area contributed by atoms with Crippen LogP contribution >= 0.6 is 15.9 Å². The number of hydrogen-bond acceptors (Lipinski definition) is 9. The highest BCUT2D eigenvalue weighted by atomic mass is 79.9. The first kappa shape index (κ1) is 22.7. The number of nitrogens with zero attached hydrogens (tertiary/aromatic N) is 4. The number of carbonyl (C=O) groups is 1. The number of amides is 1. The Morgan fingerprint density at radius 2 is 2.23 bits per heavy atom. The van der Waals surface area contributed by atoms with Crippen LogP contribution in [-0.2, 0) is 16.1 Å². The first-order chi connectivity index (χ1) is 14.3. The molecule has 0 saturated carbocycles. The summed E-state index contributed by atoms with van der Waals surface area (Å²) < 4.78 is 10.7. The first-order valence-corrected chi connectivity index (χ1v) is 9.07. The van der Waals surface area contributed by atoms with E-state index >= 15 is 0 Å². The van der Waals surface area contributed by atoms with Crippen LogP contribution in [0.3, 0.4) is 0 Å². The number of carbonyl (C=O) groups excluding carboxylic acids is 1. The van der Waals surface area contributed by atoms with Gasteiger partial charge in [0.15, 0.2) is 6.61 Å². The number of nitro groups is 1. The number of aromatic nitrogens is 1. The zero-order chi connectivity index (χ0) is 22.3. The Hall–Kier alpha value is -3.56. The summed E-state index contributed by atoms with van der Waals surface area (Å²) in [5, 5.41) is 33.8. The van der Waals surface area contributed by atoms with E-state index in [-0.39, 0.29) is 23.6 Å². The van der Waals surface area contributed by atoms with Crippen molar-refractivity contribution >= 4 is 33.7 Å². The molecule has 1 aromatic carbocycles. The number of nitro benzene ring substituents is 1.